The molecule has 0 saturated heterocycles. The van der Waals surface area contributed by atoms with Crippen LogP contribution in [0.25, 0.3) is 0 Å². The molecule has 0 heterocycles. The Kier molecular flexibility index (Phi) is 3.59. The summed E-state index contributed by atoms with van der Waals surface area (Å²) in [6, 6.07) is 0. The molecule has 0 aliphatic rings. The summed E-state index contributed by atoms with van der Waals surface area (Å²) in [4.78, 5) is 30.3. The van der Waals surface area contributed by atoms with Crippen molar-refractivity contribution < 1.29 is 24.6 Å². The molecule has 0 aromatic carbocycles. The molecule has 1 atom stereocenters. The maximum absolute atomic E-state index is 10.4. The van der Waals surface area contributed by atoms with Gasteiger partial charge in [0.15, 0.2) is 0 Å². The largest absolute Gasteiger partial charge is 0.481 e. The fourth-order valence-corrected chi connectivity index (χ4v) is 0.667. The van der Waals surface area contributed by atoms with E-state index >= 15 is 0 Å². The molecule has 0 aromatic heterocycles. The van der Waals surface area contributed by atoms with E-state index in [4.69, 9.17) is 10.2 Å². The second kappa shape index (κ2) is 3.97. The van der Waals surface area contributed by atoms with Gasteiger partial charge in [0.05, 0.1) is 11.7 Å². The highest BCUT2D eigenvalue weighted by molar-refractivity contribution is 7.82. The Morgan fingerprint density at radius 1 is 1.27 bits per heavy atom. The van der Waals surface area contributed by atoms with Crippen molar-refractivity contribution in [2.24, 2.45) is 0 Å². The van der Waals surface area contributed by atoms with Crippen molar-refractivity contribution in [2.45, 2.75) is 11.7 Å². The van der Waals surface area contributed by atoms with Gasteiger partial charge >= 0.3 is 11.9 Å². The summed E-state index contributed by atoms with van der Waals surface area (Å²) in [6.45, 7) is 0. The van der Waals surface area contributed by atoms with Crippen LogP contribution in [0, 0.1) is 0 Å². The molecule has 1 unspecified atom stereocenters. The third-order valence-corrected chi connectivity index (χ3v) is 1.30. The standard InChI is InChI=1S/C5H6O5S/c6-3(7)1-2(11)4(8)5(9)10/h2,11H,1H2,(H,6,7)(H,9,10). The molecule has 2 N–H and O–H groups in total. The third-order valence-electron chi connectivity index (χ3n) is 0.881. The normalized spacial score (nSPS) is 12.1. The number of carbonyl (C=O) groups is 3. The van der Waals surface area contributed by atoms with E-state index < -0.39 is 29.4 Å². The first kappa shape index (κ1) is 9.96. The molecule has 0 amide bonds. The third kappa shape index (κ3) is 3.61. The van der Waals surface area contributed by atoms with Crippen LogP contribution < -0.4 is 0 Å². The molecule has 0 fully saturated rings. The molecule has 0 aliphatic heterocycles. The SMILES string of the molecule is O=C(O)CC(S)C(=O)C(=O)O. The van der Waals surface area contributed by atoms with E-state index in [2.05, 4.69) is 12.6 Å². The molecule has 0 radical (unpaired) electrons. The molecule has 6 heteroatoms. The molecule has 0 spiro atoms. The highest BCUT2D eigenvalue weighted by Crippen LogP contribution is 2.02. The molecule has 0 saturated carbocycles. The summed E-state index contributed by atoms with van der Waals surface area (Å²) in [7, 11) is 0. The van der Waals surface area contributed by atoms with Gasteiger partial charge in [0.2, 0.25) is 0 Å². The first-order valence-corrected chi connectivity index (χ1v) is 3.13. The van der Waals surface area contributed by atoms with Crippen molar-refractivity contribution in [3.8, 4) is 0 Å². The number of carboxylic acids is 2. The van der Waals surface area contributed by atoms with E-state index in [0.29, 0.717) is 0 Å². The number of rotatable bonds is 4. The van der Waals surface area contributed by atoms with Gasteiger partial charge < -0.3 is 10.2 Å². The topological polar surface area (TPSA) is 91.7 Å². The number of carboxylic acid groups (broad SMARTS) is 2. The number of aliphatic carboxylic acids is 2. The number of hydrogen-bond acceptors (Lipinski definition) is 4. The molecule has 0 aliphatic carbocycles. The van der Waals surface area contributed by atoms with Gasteiger partial charge in [0.25, 0.3) is 5.78 Å². The van der Waals surface area contributed by atoms with Crippen LogP contribution in [0.2, 0.25) is 0 Å². The van der Waals surface area contributed by atoms with E-state index in [1.807, 2.05) is 0 Å². The van der Waals surface area contributed by atoms with Gasteiger partial charge in [-0.2, -0.15) is 12.6 Å². The summed E-state index contributed by atoms with van der Waals surface area (Å²) < 4.78 is 0. The van der Waals surface area contributed by atoms with Gasteiger partial charge in [0, 0.05) is 0 Å². The average Bonchev–Trinajstić information content (AvgIpc) is 1.84. The van der Waals surface area contributed by atoms with Gasteiger partial charge in [-0.05, 0) is 0 Å². The Morgan fingerprint density at radius 2 is 1.73 bits per heavy atom. The first-order valence-electron chi connectivity index (χ1n) is 2.62. The predicted octanol–water partition coefficient (Wildman–Crippen LogP) is -0.587. The lowest BCUT2D eigenvalue weighted by molar-refractivity contribution is -0.149. The Balaban J connectivity index is 4.03. The van der Waals surface area contributed by atoms with Crippen molar-refractivity contribution in [1.29, 1.82) is 0 Å². The Hall–Kier alpha value is -1.04. The fourth-order valence-electron chi connectivity index (χ4n) is 0.401. The van der Waals surface area contributed by atoms with E-state index in [-0.39, 0.29) is 0 Å². The molecular weight excluding hydrogens is 172 g/mol. The quantitative estimate of drug-likeness (QED) is 0.395. The summed E-state index contributed by atoms with van der Waals surface area (Å²) >= 11 is 3.49. The van der Waals surface area contributed by atoms with Crippen LogP contribution in [-0.4, -0.2) is 33.2 Å². The number of ketones is 1. The van der Waals surface area contributed by atoms with Crippen LogP contribution in [0.4, 0.5) is 0 Å². The van der Waals surface area contributed by atoms with Gasteiger partial charge in [-0.1, -0.05) is 0 Å². The summed E-state index contributed by atoms with van der Waals surface area (Å²) in [5, 5.41) is 14.9. The number of thiol groups is 1. The minimum Gasteiger partial charge on any atom is -0.481 e. The van der Waals surface area contributed by atoms with Gasteiger partial charge in [-0.25, -0.2) is 4.79 Å². The molecule has 0 rings (SSSR count). The molecular formula is C5H6O5S. The number of carbonyl (C=O) groups excluding carboxylic acids is 1. The lowest BCUT2D eigenvalue weighted by Crippen LogP contribution is -2.25. The second-order valence-corrected chi connectivity index (χ2v) is 2.41. The average molecular weight is 178 g/mol. The van der Waals surface area contributed by atoms with Crippen molar-refractivity contribution in [3.63, 3.8) is 0 Å². The highest BCUT2D eigenvalue weighted by Gasteiger charge is 2.23. The van der Waals surface area contributed by atoms with Gasteiger partial charge in [-0.3, -0.25) is 9.59 Å². The molecule has 5 nitrogen and oxygen atoms in total. The van der Waals surface area contributed by atoms with Crippen LogP contribution in [-0.2, 0) is 14.4 Å². The van der Waals surface area contributed by atoms with Crippen molar-refractivity contribution in [2.75, 3.05) is 0 Å². The zero-order chi connectivity index (χ0) is 9.02. The zero-order valence-electron chi connectivity index (χ0n) is 5.35. The zero-order valence-corrected chi connectivity index (χ0v) is 6.25. The molecule has 0 aromatic rings. The molecule has 0 bridgehead atoms. The number of hydrogen-bond donors (Lipinski definition) is 3. The lowest BCUT2D eigenvalue weighted by Gasteiger charge is -2.00. The van der Waals surface area contributed by atoms with Crippen molar-refractivity contribution in [1.82, 2.24) is 0 Å². The molecule has 62 valence electrons. The van der Waals surface area contributed by atoms with Crippen LogP contribution in [0.1, 0.15) is 6.42 Å². The molecule has 11 heavy (non-hydrogen) atoms. The Labute approximate surface area is 67.4 Å². The van der Waals surface area contributed by atoms with E-state index in [0.717, 1.165) is 0 Å². The van der Waals surface area contributed by atoms with Crippen LogP contribution in [0.15, 0.2) is 0 Å². The van der Waals surface area contributed by atoms with Crippen LogP contribution >= 0.6 is 12.6 Å². The predicted molar refractivity (Wildman–Crippen MR) is 37.7 cm³/mol. The van der Waals surface area contributed by atoms with E-state index in [9.17, 15) is 14.4 Å². The maximum Gasteiger partial charge on any atom is 0.373 e. The summed E-state index contributed by atoms with van der Waals surface area (Å²) in [5.74, 6) is -4.11. The smallest absolute Gasteiger partial charge is 0.373 e. The second-order valence-electron chi connectivity index (χ2n) is 1.78. The number of Topliss-reactive ketones (excluding diaryl/α,β-unsaturated/α-hetero) is 1. The fraction of sp³-hybridized carbons (Fsp3) is 0.400. The van der Waals surface area contributed by atoms with Gasteiger partial charge in [0.1, 0.15) is 0 Å². The van der Waals surface area contributed by atoms with Crippen molar-refractivity contribution >= 4 is 30.4 Å². The van der Waals surface area contributed by atoms with Gasteiger partial charge in [-0.15, -0.1) is 0 Å². The van der Waals surface area contributed by atoms with E-state index in [1.54, 1.807) is 0 Å². The Bertz CT molecular complexity index is 199. The first-order chi connectivity index (χ1) is 4.95. The highest BCUT2D eigenvalue weighted by atomic mass is 32.1. The minimum atomic E-state index is -1.66. The van der Waals surface area contributed by atoms with Crippen molar-refractivity contribution in [3.05, 3.63) is 0 Å². The monoisotopic (exact) mass is 178 g/mol. The summed E-state index contributed by atoms with van der Waals surface area (Å²) in [6.07, 6.45) is -0.575. The maximum atomic E-state index is 10.4. The minimum absolute atomic E-state index is 0.575. The van der Waals surface area contributed by atoms with E-state index in [1.165, 1.54) is 0 Å². The summed E-state index contributed by atoms with van der Waals surface area (Å²) in [5.41, 5.74) is 0. The van der Waals surface area contributed by atoms with Crippen LogP contribution in [0.5, 0.6) is 0 Å². The Morgan fingerprint density at radius 3 is 2.00 bits per heavy atom. The van der Waals surface area contributed by atoms with Crippen LogP contribution in [0.3, 0.4) is 0 Å². The lowest BCUT2D eigenvalue weighted by atomic mass is 10.2.